The molecule has 0 aliphatic heterocycles. The van der Waals surface area contributed by atoms with Crippen LogP contribution in [0.25, 0.3) is 5.57 Å². The molecule has 0 aromatic heterocycles. The molecule has 0 bridgehead atoms. The van der Waals surface area contributed by atoms with Gasteiger partial charge in [0.15, 0.2) is 0 Å². The fraction of sp³-hybridized carbons (Fsp3) is 0.304. The smallest absolute Gasteiger partial charge is 0.140 e. The zero-order chi connectivity index (χ0) is 20.7. The molecule has 0 unspecified atom stereocenters. The van der Waals surface area contributed by atoms with Crippen molar-refractivity contribution >= 4 is 23.4 Å². The average Bonchev–Trinajstić information content (AvgIpc) is 2.72. The first-order chi connectivity index (χ1) is 13.4. The van der Waals surface area contributed by atoms with Gasteiger partial charge in [-0.1, -0.05) is 51.1 Å². The van der Waals surface area contributed by atoms with E-state index < -0.39 is 0 Å². The maximum absolute atomic E-state index is 9.65. The van der Waals surface area contributed by atoms with Gasteiger partial charge in [-0.25, -0.2) is 0 Å². The minimum absolute atomic E-state index is 0.309. The summed E-state index contributed by atoms with van der Waals surface area (Å²) < 4.78 is 5.75. The Balaban J connectivity index is 2.50. The van der Waals surface area contributed by atoms with Crippen LogP contribution in [0.3, 0.4) is 0 Å². The first-order valence-corrected chi connectivity index (χ1v) is 9.75. The van der Waals surface area contributed by atoms with Crippen LogP contribution >= 0.6 is 11.6 Å². The number of nitrogens with zero attached hydrogens (tertiary/aromatic N) is 1. The van der Waals surface area contributed by atoms with Gasteiger partial charge in [0.25, 0.3) is 0 Å². The van der Waals surface area contributed by atoms with E-state index in [-0.39, 0.29) is 5.41 Å². The predicted molar refractivity (Wildman–Crippen MR) is 116 cm³/mol. The number of hydrogen-bond acceptors (Lipinski definition) is 4. The van der Waals surface area contributed by atoms with Crippen molar-refractivity contribution in [1.29, 1.82) is 10.7 Å². The molecule has 5 heteroatoms. The van der Waals surface area contributed by atoms with Gasteiger partial charge in [0.2, 0.25) is 0 Å². The number of nitrogens with two attached hydrogens (primary N) is 1. The lowest BCUT2D eigenvalue weighted by Gasteiger charge is -2.28. The van der Waals surface area contributed by atoms with E-state index in [9.17, 15) is 5.26 Å². The number of alkyl halides is 1. The molecule has 3 N–H and O–H groups in total. The molecule has 0 radical (unpaired) electrons. The van der Waals surface area contributed by atoms with Crippen molar-refractivity contribution in [2.45, 2.75) is 32.6 Å². The zero-order valence-corrected chi connectivity index (χ0v) is 17.3. The minimum atomic E-state index is -0.309. The van der Waals surface area contributed by atoms with Crippen molar-refractivity contribution in [1.82, 2.24) is 0 Å². The van der Waals surface area contributed by atoms with E-state index in [4.69, 9.17) is 27.5 Å². The fourth-order valence-electron chi connectivity index (χ4n) is 3.18. The monoisotopic (exact) mass is 395 g/mol. The Morgan fingerprint density at radius 1 is 1.25 bits per heavy atom. The van der Waals surface area contributed by atoms with Gasteiger partial charge in [-0.05, 0) is 34.7 Å². The largest absolute Gasteiger partial charge is 0.491 e. The number of hydrogen-bond donors (Lipinski definition) is 2. The Kier molecular flexibility index (Phi) is 7.25. The second-order valence-corrected chi connectivity index (χ2v) is 7.36. The summed E-state index contributed by atoms with van der Waals surface area (Å²) in [5.74, 6) is 1.01. The molecule has 4 nitrogen and oxygen atoms in total. The second-order valence-electron chi connectivity index (χ2n) is 6.98. The molecular weight excluding hydrogens is 370 g/mol. The predicted octanol–water partition coefficient (Wildman–Crippen LogP) is 5.01. The second kappa shape index (κ2) is 9.43. The third-order valence-corrected chi connectivity index (χ3v) is 5.14. The molecule has 2 rings (SSSR count). The van der Waals surface area contributed by atoms with Crippen LogP contribution in [0.4, 0.5) is 0 Å². The van der Waals surface area contributed by atoms with Gasteiger partial charge in [-0.15, -0.1) is 11.6 Å². The van der Waals surface area contributed by atoms with E-state index in [1.54, 1.807) is 0 Å². The SMILES string of the molecule is CCc1cc(C(C)(C)c2ccc(/C(C=N)=C/N)cc2)cc(C#N)c1OCCCl. The lowest BCUT2D eigenvalue weighted by molar-refractivity contribution is 0.338. The fourth-order valence-corrected chi connectivity index (χ4v) is 3.26. The number of nitriles is 1. The lowest BCUT2D eigenvalue weighted by Crippen LogP contribution is -2.20. The molecule has 28 heavy (non-hydrogen) atoms. The highest BCUT2D eigenvalue weighted by Crippen LogP contribution is 2.36. The normalized spacial score (nSPS) is 11.8. The van der Waals surface area contributed by atoms with Crippen molar-refractivity contribution in [3.63, 3.8) is 0 Å². The highest BCUT2D eigenvalue weighted by atomic mass is 35.5. The molecule has 0 heterocycles. The van der Waals surface area contributed by atoms with Crippen molar-refractivity contribution in [3.05, 3.63) is 70.4 Å². The Bertz CT molecular complexity index is 909. The van der Waals surface area contributed by atoms with Crippen LogP contribution in [-0.2, 0) is 11.8 Å². The molecule has 0 atom stereocenters. The molecule has 0 amide bonds. The maximum atomic E-state index is 9.65. The van der Waals surface area contributed by atoms with Gasteiger partial charge >= 0.3 is 0 Å². The molecule has 0 spiro atoms. The number of aryl methyl sites for hydroxylation is 1. The van der Waals surface area contributed by atoms with Gasteiger partial charge in [0, 0.05) is 23.4 Å². The number of rotatable bonds is 8. The summed E-state index contributed by atoms with van der Waals surface area (Å²) in [6, 6.07) is 14.3. The van der Waals surface area contributed by atoms with Crippen molar-refractivity contribution in [3.8, 4) is 11.8 Å². The summed E-state index contributed by atoms with van der Waals surface area (Å²) >= 11 is 5.75. The first kappa shape index (κ1) is 21.5. The van der Waals surface area contributed by atoms with Crippen LogP contribution in [0, 0.1) is 16.7 Å². The molecule has 0 aliphatic carbocycles. The number of ether oxygens (including phenoxy) is 1. The average molecular weight is 396 g/mol. The quantitative estimate of drug-likeness (QED) is 0.486. The van der Waals surface area contributed by atoms with E-state index >= 15 is 0 Å². The maximum Gasteiger partial charge on any atom is 0.140 e. The topological polar surface area (TPSA) is 82.9 Å². The van der Waals surface area contributed by atoms with Crippen LogP contribution in [0.15, 0.2) is 42.6 Å². The summed E-state index contributed by atoms with van der Waals surface area (Å²) in [4.78, 5) is 0. The third-order valence-electron chi connectivity index (χ3n) is 4.99. The Morgan fingerprint density at radius 3 is 2.43 bits per heavy atom. The van der Waals surface area contributed by atoms with E-state index in [2.05, 4.69) is 26.0 Å². The van der Waals surface area contributed by atoms with Gasteiger partial charge in [0.1, 0.15) is 18.4 Å². The molecule has 0 aliphatic rings. The third kappa shape index (κ3) is 4.37. The number of allylic oxidation sites excluding steroid dienone is 1. The van der Waals surface area contributed by atoms with Crippen LogP contribution in [0.2, 0.25) is 0 Å². The molecule has 0 saturated heterocycles. The number of nitrogens with one attached hydrogen (secondary N) is 1. The first-order valence-electron chi connectivity index (χ1n) is 9.22. The van der Waals surface area contributed by atoms with Crippen molar-refractivity contribution in [2.75, 3.05) is 12.5 Å². The Hall–Kier alpha value is -2.77. The van der Waals surface area contributed by atoms with Crippen LogP contribution < -0.4 is 10.5 Å². The molecule has 146 valence electrons. The number of halogens is 1. The standard InChI is InChI=1S/C23H26ClN3O/c1-4-16-11-21(12-18(13-25)22(16)28-10-9-24)23(2,3)20-7-5-17(6-8-20)19(14-26)15-27/h5-8,11-12,14-15,26H,4,9-10,27H2,1-3H3/b19-15+,26-14?. The molecule has 0 saturated carbocycles. The van der Waals surface area contributed by atoms with E-state index in [0.29, 0.717) is 29.4 Å². The van der Waals surface area contributed by atoms with E-state index in [1.165, 1.54) is 12.4 Å². The van der Waals surface area contributed by atoms with Crippen LogP contribution in [0.1, 0.15) is 48.6 Å². The minimum Gasteiger partial charge on any atom is -0.491 e. The Labute approximate surface area is 172 Å². The molecular formula is C23H26ClN3O. The Morgan fingerprint density at radius 2 is 1.93 bits per heavy atom. The van der Waals surface area contributed by atoms with Crippen LogP contribution in [0.5, 0.6) is 5.75 Å². The van der Waals surface area contributed by atoms with Crippen molar-refractivity contribution in [2.24, 2.45) is 5.73 Å². The summed E-state index contributed by atoms with van der Waals surface area (Å²) in [7, 11) is 0. The van der Waals surface area contributed by atoms with E-state index in [1.807, 2.05) is 37.3 Å². The van der Waals surface area contributed by atoms with Gasteiger partial charge in [0.05, 0.1) is 11.4 Å². The van der Waals surface area contributed by atoms with Gasteiger partial charge in [-0.3, -0.25) is 0 Å². The van der Waals surface area contributed by atoms with E-state index in [0.717, 1.165) is 28.7 Å². The lowest BCUT2D eigenvalue weighted by atomic mass is 9.76. The summed E-state index contributed by atoms with van der Waals surface area (Å²) in [5.41, 5.74) is 10.5. The molecule has 2 aromatic carbocycles. The summed E-state index contributed by atoms with van der Waals surface area (Å²) in [5, 5.41) is 17.1. The number of benzene rings is 2. The van der Waals surface area contributed by atoms with Crippen LogP contribution in [-0.4, -0.2) is 18.7 Å². The van der Waals surface area contributed by atoms with Gasteiger partial charge < -0.3 is 15.9 Å². The van der Waals surface area contributed by atoms with Gasteiger partial charge in [-0.2, -0.15) is 5.26 Å². The molecule has 2 aromatic rings. The molecule has 0 fully saturated rings. The highest BCUT2D eigenvalue weighted by molar-refractivity contribution is 6.18. The highest BCUT2D eigenvalue weighted by Gasteiger charge is 2.26. The summed E-state index contributed by atoms with van der Waals surface area (Å²) in [6.45, 7) is 6.69. The zero-order valence-electron chi connectivity index (χ0n) is 16.6. The summed E-state index contributed by atoms with van der Waals surface area (Å²) in [6.07, 6.45) is 3.44. The van der Waals surface area contributed by atoms with Crippen molar-refractivity contribution < 1.29 is 4.74 Å².